The monoisotopic (exact) mass is 608 g/mol. The van der Waals surface area contributed by atoms with E-state index in [0.717, 1.165) is 0 Å². The molecule has 9 heteroatoms. The first-order valence-electron chi connectivity index (χ1n) is 9.39. The molecule has 0 aliphatic carbocycles. The van der Waals surface area contributed by atoms with E-state index in [9.17, 15) is 16.9 Å². The molecule has 0 saturated carbocycles. The Bertz CT molecular complexity index is 1160. The van der Waals surface area contributed by atoms with Crippen molar-refractivity contribution >= 4 is 44.7 Å². The predicted molar refractivity (Wildman–Crippen MR) is 132 cm³/mol. The van der Waals surface area contributed by atoms with Crippen molar-refractivity contribution in [3.8, 4) is 22.3 Å². The Labute approximate surface area is 202 Å². The van der Waals surface area contributed by atoms with Crippen molar-refractivity contribution in [2.24, 2.45) is 0 Å². The summed E-state index contributed by atoms with van der Waals surface area (Å²) in [5, 5.41) is 0. The van der Waals surface area contributed by atoms with Gasteiger partial charge in [-0.05, 0) is 40.5 Å². The Balaban J connectivity index is 0.000000423. The summed E-state index contributed by atoms with van der Waals surface area (Å²) >= 11 is -9.43. The molecular weight excluding hydrogens is 588 g/mol. The van der Waals surface area contributed by atoms with Gasteiger partial charge >= 0.3 is 36.4 Å². The van der Waals surface area contributed by atoms with Gasteiger partial charge in [-0.2, -0.15) is 0 Å². The third-order valence-corrected chi connectivity index (χ3v) is 5.21. The van der Waals surface area contributed by atoms with Crippen LogP contribution in [0.2, 0.25) is 0 Å². The van der Waals surface area contributed by atoms with Crippen LogP contribution in [-0.2, 0) is 13.5 Å². The van der Waals surface area contributed by atoms with Crippen molar-refractivity contribution in [2.75, 3.05) is 0 Å². The van der Waals surface area contributed by atoms with Gasteiger partial charge in [-0.25, -0.2) is 0 Å². The zero-order valence-electron chi connectivity index (χ0n) is 17.1. The van der Waals surface area contributed by atoms with Crippen molar-refractivity contribution in [1.29, 1.82) is 0 Å². The maximum atomic E-state index is 9.93. The molecule has 0 fully saturated rings. The fourth-order valence-electron chi connectivity index (χ4n) is 2.89. The van der Waals surface area contributed by atoms with Crippen LogP contribution in [0.4, 0.5) is 16.9 Å². The summed E-state index contributed by atoms with van der Waals surface area (Å²) in [6.07, 6.45) is 0. The smallest absolute Gasteiger partial charge is 0.0207 e. The van der Waals surface area contributed by atoms with Crippen LogP contribution in [0, 0.1) is 0 Å². The topological polar surface area (TPSA) is 0 Å². The summed E-state index contributed by atoms with van der Waals surface area (Å²) in [5.41, 5.74) is 5.02. The van der Waals surface area contributed by atoms with Gasteiger partial charge in [-0.1, -0.05) is 116 Å². The molecule has 4 aromatic rings. The number of hydrogen-bond acceptors (Lipinski definition) is 1. The minimum atomic E-state index is -11.2. The third-order valence-electron chi connectivity index (χ3n) is 4.14. The van der Waals surface area contributed by atoms with Crippen molar-refractivity contribution in [3.05, 3.63) is 109 Å². The molecule has 0 aromatic heterocycles. The summed E-state index contributed by atoms with van der Waals surface area (Å²) < 4.78 is 59.6. The fourth-order valence-corrected chi connectivity index (χ4v) is 3.92. The van der Waals surface area contributed by atoms with Crippen molar-refractivity contribution in [3.63, 3.8) is 0 Å². The average molecular weight is 609 g/mol. The van der Waals surface area contributed by atoms with Crippen LogP contribution in [0.5, 0.6) is 0 Å². The molecule has 0 aliphatic heterocycles. The summed E-state index contributed by atoms with van der Waals surface area (Å²) in [6, 6.07) is 38.5. The van der Waals surface area contributed by atoms with Gasteiger partial charge in [0.05, 0.1) is 0 Å². The molecule has 0 spiro atoms. The molecule has 0 atom stereocenters. The standard InChI is InChI=1S/C24H18S.6FH.H2S.Sb/c1-4-10-19(11-5-1)21-16-17-23(20-12-6-2-7-13-20)24(18-21)25-22-14-8-3-9-15-22;;;;;;;;/h1-18H;6*1H;1H2;/q;;;;;;;;+5/p-5. The first-order valence-corrected chi connectivity index (χ1v) is 16.0. The second kappa shape index (κ2) is 10.1. The van der Waals surface area contributed by atoms with E-state index in [1.807, 2.05) is 11.8 Å². The maximum absolute atomic E-state index is 11.2. The molecule has 0 radical (unpaired) electrons. The second-order valence-corrected chi connectivity index (χ2v) is 13.4. The maximum Gasteiger partial charge on any atom is 0.0207 e. The van der Waals surface area contributed by atoms with E-state index in [0.29, 0.717) is 0 Å². The number of benzene rings is 4. The molecule has 176 valence electrons. The Morgan fingerprint density at radius 1 is 0.485 bits per heavy atom. The van der Waals surface area contributed by atoms with E-state index in [2.05, 4.69) is 109 Å². The van der Waals surface area contributed by atoms with E-state index in [-0.39, 0.29) is 13.5 Å². The molecular formula is C24H21F6S2Sb. The Hall–Kier alpha value is -2.02. The van der Waals surface area contributed by atoms with Crippen LogP contribution in [0.15, 0.2) is 119 Å². The van der Waals surface area contributed by atoms with E-state index >= 15 is 0 Å². The molecule has 0 unspecified atom stereocenters. The minimum Gasteiger partial charge on any atom is -0.0894 e. The van der Waals surface area contributed by atoms with Crippen molar-refractivity contribution < 1.29 is 16.9 Å². The molecule has 0 N–H and O–H groups in total. The molecule has 4 aromatic carbocycles. The quantitative estimate of drug-likeness (QED) is 0.127. The summed E-state index contributed by atoms with van der Waals surface area (Å²) in [4.78, 5) is 2.53. The Morgan fingerprint density at radius 2 is 0.909 bits per heavy atom. The fraction of sp³-hybridized carbons (Fsp3) is 0. The van der Waals surface area contributed by atoms with E-state index in [4.69, 9.17) is 0 Å². The Morgan fingerprint density at radius 3 is 1.39 bits per heavy atom. The zero-order valence-corrected chi connectivity index (χ0v) is 21.6. The van der Waals surface area contributed by atoms with Crippen LogP contribution in [0.3, 0.4) is 0 Å². The minimum absolute atomic E-state index is 0. The molecule has 0 aliphatic rings. The second-order valence-electron chi connectivity index (χ2n) is 6.82. The summed E-state index contributed by atoms with van der Waals surface area (Å²) in [7, 11) is 0. The van der Waals surface area contributed by atoms with Gasteiger partial charge in [0, 0.05) is 9.79 Å². The van der Waals surface area contributed by atoms with Crippen LogP contribution >= 0.6 is 11.8 Å². The zero-order chi connectivity index (χ0) is 23.3. The van der Waals surface area contributed by atoms with E-state index < -0.39 is 19.5 Å². The Kier molecular flexibility index (Phi) is 8.31. The number of hydrogen-bond donors (Lipinski definition) is 0. The molecule has 0 amide bonds. The van der Waals surface area contributed by atoms with Gasteiger partial charge < -0.3 is 0 Å². The van der Waals surface area contributed by atoms with Crippen molar-refractivity contribution in [1.82, 2.24) is 0 Å². The van der Waals surface area contributed by atoms with Crippen molar-refractivity contribution in [2.45, 2.75) is 9.79 Å². The van der Waals surface area contributed by atoms with Gasteiger partial charge in [-0.15, -0.1) is 0 Å². The number of halogens is 6. The SMILES string of the molecule is [F][Sb-]([F])([F])([F])([F])[F].[SH3+].c1ccc(Sc2cc(-c3ccccc3)ccc2-c2ccccc2)cc1. The molecule has 0 heterocycles. The molecule has 0 nitrogen and oxygen atoms in total. The van der Waals surface area contributed by atoms with E-state index in [1.54, 1.807) is 0 Å². The summed E-state index contributed by atoms with van der Waals surface area (Å²) in [5.74, 6) is 0. The third kappa shape index (κ3) is 10.6. The van der Waals surface area contributed by atoms with E-state index in [1.165, 1.54) is 32.0 Å². The van der Waals surface area contributed by atoms with Gasteiger partial charge in [0.25, 0.3) is 0 Å². The molecule has 0 bridgehead atoms. The van der Waals surface area contributed by atoms with Crippen LogP contribution in [0.1, 0.15) is 0 Å². The molecule has 4 rings (SSSR count). The first kappa shape index (κ1) is 27.2. The van der Waals surface area contributed by atoms with Gasteiger partial charge in [0.1, 0.15) is 0 Å². The number of rotatable bonds is 4. The normalized spacial score (nSPS) is 12.9. The van der Waals surface area contributed by atoms with Gasteiger partial charge in [0.15, 0.2) is 0 Å². The van der Waals surface area contributed by atoms with Gasteiger partial charge in [-0.3, -0.25) is 0 Å². The molecule has 0 saturated heterocycles. The average Bonchev–Trinajstić information content (AvgIpc) is 2.73. The summed E-state index contributed by atoms with van der Waals surface area (Å²) in [6.45, 7) is 0. The predicted octanol–water partition coefficient (Wildman–Crippen LogP) is 8.51. The van der Waals surface area contributed by atoms with Crippen LogP contribution in [-0.4, -0.2) is 19.5 Å². The molecule has 33 heavy (non-hydrogen) atoms. The largest absolute Gasteiger partial charge is 0.0894 e. The van der Waals surface area contributed by atoms with Crippen LogP contribution < -0.4 is 0 Å². The van der Waals surface area contributed by atoms with Crippen LogP contribution in [0.25, 0.3) is 22.3 Å². The first-order chi connectivity index (χ1) is 14.8. The van der Waals surface area contributed by atoms with Gasteiger partial charge in [0.2, 0.25) is 0 Å².